The van der Waals surface area contributed by atoms with Gasteiger partial charge in [-0.05, 0) is 65.6 Å². The van der Waals surface area contributed by atoms with Crippen LogP contribution in [0.25, 0.3) is 0 Å². The molecule has 7 heteroatoms. The Morgan fingerprint density at radius 1 is 1.18 bits per heavy atom. The Kier molecular flexibility index (Phi) is 13.5. The zero-order chi connectivity index (χ0) is 16.8. The van der Waals surface area contributed by atoms with Gasteiger partial charge in [0.1, 0.15) is 0 Å². The van der Waals surface area contributed by atoms with Crippen LogP contribution in [0.15, 0.2) is 11.0 Å². The van der Waals surface area contributed by atoms with E-state index in [0.717, 1.165) is 45.3 Å². The van der Waals surface area contributed by atoms with Crippen LogP contribution in [0.5, 0.6) is 0 Å². The molecule has 1 N–H and O–H groups in total. The minimum Gasteiger partial charge on any atom is -0.395 e. The van der Waals surface area contributed by atoms with Crippen molar-refractivity contribution in [1.29, 1.82) is 0 Å². The fourth-order valence-electron chi connectivity index (χ4n) is 2.52. The molecule has 0 spiro atoms. The molecule has 22 heavy (non-hydrogen) atoms. The SMILES string of the molecule is CCO[Si](C)(CCCNC[SiH2]C([SiH3])=CN(CC)CC)OCC. The second-order valence-corrected chi connectivity index (χ2v) is 14.0. The minimum atomic E-state index is -1.90. The Morgan fingerprint density at radius 3 is 2.27 bits per heavy atom. The van der Waals surface area contributed by atoms with Crippen molar-refractivity contribution in [2.75, 3.05) is 39.0 Å². The van der Waals surface area contributed by atoms with Gasteiger partial charge in [-0.1, -0.05) is 4.82 Å². The van der Waals surface area contributed by atoms with Crippen molar-refractivity contribution < 1.29 is 8.85 Å². The Morgan fingerprint density at radius 2 is 1.77 bits per heavy atom. The van der Waals surface area contributed by atoms with Gasteiger partial charge in [0.15, 0.2) is 0 Å². The maximum Gasteiger partial charge on any atom is 0.334 e. The molecule has 0 amide bonds. The van der Waals surface area contributed by atoms with Gasteiger partial charge in [0.05, 0.1) is 9.52 Å². The van der Waals surface area contributed by atoms with Gasteiger partial charge in [-0.2, -0.15) is 0 Å². The third-order valence-electron chi connectivity index (χ3n) is 3.80. The fraction of sp³-hybridized carbons (Fsp3) is 0.867. The van der Waals surface area contributed by atoms with Gasteiger partial charge in [-0.3, -0.25) is 0 Å². The average Bonchev–Trinajstić information content (AvgIpc) is 2.48. The molecule has 0 heterocycles. The van der Waals surface area contributed by atoms with Gasteiger partial charge in [0.2, 0.25) is 0 Å². The molecule has 0 bridgehead atoms. The highest BCUT2D eigenvalue weighted by Crippen LogP contribution is 2.15. The Labute approximate surface area is 144 Å². The predicted octanol–water partition coefficient (Wildman–Crippen LogP) is 0.743. The van der Waals surface area contributed by atoms with Crippen molar-refractivity contribution in [1.82, 2.24) is 10.2 Å². The lowest BCUT2D eigenvalue weighted by Crippen LogP contribution is -2.39. The molecule has 0 rings (SSSR count). The van der Waals surface area contributed by atoms with Gasteiger partial charge in [-0.25, -0.2) is 0 Å². The minimum absolute atomic E-state index is 0.0882. The monoisotopic (exact) mass is 362 g/mol. The maximum atomic E-state index is 5.87. The van der Waals surface area contributed by atoms with Crippen LogP contribution in [0.3, 0.4) is 0 Å². The van der Waals surface area contributed by atoms with Crippen molar-refractivity contribution in [3.8, 4) is 0 Å². The highest BCUT2D eigenvalue weighted by atomic mass is 28.4. The quantitative estimate of drug-likeness (QED) is 0.365. The first-order valence-electron chi connectivity index (χ1n) is 8.91. The average molecular weight is 363 g/mol. The maximum absolute atomic E-state index is 5.87. The van der Waals surface area contributed by atoms with Crippen LogP contribution < -0.4 is 5.32 Å². The topological polar surface area (TPSA) is 33.7 Å². The van der Waals surface area contributed by atoms with E-state index >= 15 is 0 Å². The van der Waals surface area contributed by atoms with Gasteiger partial charge >= 0.3 is 8.56 Å². The van der Waals surface area contributed by atoms with Gasteiger partial charge in [0, 0.05) is 36.5 Å². The summed E-state index contributed by atoms with van der Waals surface area (Å²) >= 11 is 0. The van der Waals surface area contributed by atoms with Crippen LogP contribution in [-0.2, 0) is 8.85 Å². The summed E-state index contributed by atoms with van der Waals surface area (Å²) in [5.41, 5.74) is 0. The van der Waals surface area contributed by atoms with E-state index in [-0.39, 0.29) is 9.52 Å². The van der Waals surface area contributed by atoms with Crippen molar-refractivity contribution in [3.63, 3.8) is 0 Å². The Balaban J connectivity index is 3.84. The molecule has 0 aromatic rings. The molecule has 0 radical (unpaired) electrons. The third kappa shape index (κ3) is 10.7. The number of nitrogens with one attached hydrogen (secondary N) is 1. The molecule has 0 aromatic heterocycles. The van der Waals surface area contributed by atoms with E-state index in [1.54, 1.807) is 4.82 Å². The third-order valence-corrected chi connectivity index (χ3v) is 10.2. The zero-order valence-corrected chi connectivity index (χ0v) is 20.1. The number of hydrogen-bond acceptors (Lipinski definition) is 4. The first kappa shape index (κ1) is 22.1. The standard InChI is InChI=1S/C15H38N2O2Si3/c1-6-17(7-2)13-15(20)21-14-16-11-10-12-22(5,18-8-3)19-9-4/h13,16H,6-12,14,21H2,1-5,20H3. The van der Waals surface area contributed by atoms with Crippen molar-refractivity contribution >= 4 is 28.3 Å². The zero-order valence-electron chi connectivity index (χ0n) is 15.7. The van der Waals surface area contributed by atoms with Gasteiger partial charge in [-0.15, -0.1) is 0 Å². The molecule has 0 aliphatic heterocycles. The highest BCUT2D eigenvalue weighted by molar-refractivity contribution is 6.66. The van der Waals surface area contributed by atoms with E-state index < -0.39 is 8.56 Å². The van der Waals surface area contributed by atoms with Crippen molar-refractivity contribution in [2.45, 2.75) is 46.7 Å². The molecule has 0 aliphatic carbocycles. The van der Waals surface area contributed by atoms with Crippen molar-refractivity contribution in [3.05, 3.63) is 11.0 Å². The smallest absolute Gasteiger partial charge is 0.334 e. The van der Waals surface area contributed by atoms with E-state index in [2.05, 4.69) is 50.7 Å². The number of nitrogens with zero attached hydrogens (tertiary/aromatic N) is 1. The molecule has 0 fully saturated rings. The first-order chi connectivity index (χ1) is 10.5. The van der Waals surface area contributed by atoms with E-state index in [0.29, 0.717) is 0 Å². The molecule has 132 valence electrons. The number of rotatable bonds is 14. The summed E-state index contributed by atoms with van der Waals surface area (Å²) in [4.78, 5) is 4.13. The van der Waals surface area contributed by atoms with Gasteiger partial charge in [0.25, 0.3) is 0 Å². The second kappa shape index (κ2) is 13.5. The fourth-order valence-corrected chi connectivity index (χ4v) is 7.26. The lowest BCUT2D eigenvalue weighted by molar-refractivity contribution is 0.188. The molecule has 0 aromatic carbocycles. The van der Waals surface area contributed by atoms with Crippen LogP contribution in [0.4, 0.5) is 0 Å². The van der Waals surface area contributed by atoms with Crippen LogP contribution in [-0.4, -0.2) is 72.2 Å². The molecule has 0 saturated carbocycles. The molecule has 0 atom stereocenters. The van der Waals surface area contributed by atoms with Crippen LogP contribution in [0.1, 0.15) is 34.1 Å². The summed E-state index contributed by atoms with van der Waals surface area (Å²) in [6.45, 7) is 15.6. The van der Waals surface area contributed by atoms with Crippen LogP contribution in [0.2, 0.25) is 12.6 Å². The number of hydrogen-bond donors (Lipinski definition) is 1. The largest absolute Gasteiger partial charge is 0.395 e. The predicted molar refractivity (Wildman–Crippen MR) is 107 cm³/mol. The van der Waals surface area contributed by atoms with Crippen LogP contribution in [0, 0.1) is 0 Å². The van der Waals surface area contributed by atoms with E-state index in [1.165, 1.54) is 16.4 Å². The highest BCUT2D eigenvalue weighted by Gasteiger charge is 2.29. The lowest BCUT2D eigenvalue weighted by atomic mass is 10.5. The van der Waals surface area contributed by atoms with E-state index in [9.17, 15) is 0 Å². The summed E-state index contributed by atoms with van der Waals surface area (Å²) in [7, 11) is -0.774. The first-order valence-corrected chi connectivity index (χ1v) is 14.1. The molecule has 0 aliphatic rings. The molecule has 0 saturated heterocycles. The normalized spacial score (nSPS) is 13.4. The van der Waals surface area contributed by atoms with E-state index in [1.807, 2.05) is 0 Å². The molecule has 0 unspecified atom stereocenters. The van der Waals surface area contributed by atoms with Crippen molar-refractivity contribution in [2.24, 2.45) is 0 Å². The summed E-state index contributed by atoms with van der Waals surface area (Å²) in [6, 6.07) is 1.09. The molecular weight excluding hydrogens is 324 g/mol. The summed E-state index contributed by atoms with van der Waals surface area (Å²) in [5, 5.41) is 3.62. The summed E-state index contributed by atoms with van der Waals surface area (Å²) in [5.74, 6) is 0. The second-order valence-electron chi connectivity index (χ2n) is 5.80. The summed E-state index contributed by atoms with van der Waals surface area (Å²) < 4.78 is 11.7. The summed E-state index contributed by atoms with van der Waals surface area (Å²) in [6.07, 6.45) is 4.79. The lowest BCUT2D eigenvalue weighted by Gasteiger charge is -2.25. The van der Waals surface area contributed by atoms with Crippen LogP contribution >= 0.6 is 0 Å². The van der Waals surface area contributed by atoms with E-state index in [4.69, 9.17) is 8.85 Å². The Hall–Kier alpha value is 0.0706. The van der Waals surface area contributed by atoms with Gasteiger partial charge < -0.3 is 19.1 Å². The Bertz CT molecular complexity index is 295. The molecular formula is C15H38N2O2Si3. The molecule has 4 nitrogen and oxygen atoms in total.